The lowest BCUT2D eigenvalue weighted by Crippen LogP contribution is -2.41. The molecule has 1 atom stereocenters. The van der Waals surface area contributed by atoms with Crippen LogP contribution in [0.2, 0.25) is 0 Å². The van der Waals surface area contributed by atoms with Crippen molar-refractivity contribution in [3.63, 3.8) is 0 Å². The molecule has 0 fully saturated rings. The number of anilines is 1. The number of aliphatic hydroxyl groups is 1. The second-order valence-electron chi connectivity index (χ2n) is 6.09. The van der Waals surface area contributed by atoms with Crippen LogP contribution in [0.4, 0.5) is 5.69 Å². The number of rotatable bonds is 4. The van der Waals surface area contributed by atoms with E-state index in [-0.39, 0.29) is 19.0 Å². The van der Waals surface area contributed by atoms with Gasteiger partial charge in [0.1, 0.15) is 0 Å². The number of ether oxygens (including phenoxy) is 2. The first-order chi connectivity index (χ1) is 12.0. The van der Waals surface area contributed by atoms with Gasteiger partial charge in [0.05, 0.1) is 12.1 Å². The quantitative estimate of drug-likeness (QED) is 0.865. The SMILES string of the molecule is CCN1C(=O)C(O)(CC(=O)c2ccc3c(c2)OCO3)c2ccccc21. The zero-order chi connectivity index (χ0) is 17.6. The number of nitrogens with zero attached hydrogens (tertiary/aromatic N) is 1. The van der Waals surface area contributed by atoms with Crippen LogP contribution in [0.3, 0.4) is 0 Å². The number of benzene rings is 2. The maximum Gasteiger partial charge on any atom is 0.264 e. The molecule has 2 aliphatic rings. The number of para-hydroxylation sites is 1. The molecule has 2 aromatic carbocycles. The monoisotopic (exact) mass is 339 g/mol. The number of carbonyl (C=O) groups is 2. The molecule has 0 saturated carbocycles. The fourth-order valence-corrected chi connectivity index (χ4v) is 3.40. The maximum atomic E-state index is 12.7. The Morgan fingerprint density at radius 3 is 2.76 bits per heavy atom. The summed E-state index contributed by atoms with van der Waals surface area (Å²) in [4.78, 5) is 27.0. The van der Waals surface area contributed by atoms with E-state index in [0.29, 0.717) is 34.9 Å². The third-order valence-electron chi connectivity index (χ3n) is 4.67. The van der Waals surface area contributed by atoms with Gasteiger partial charge in [0.2, 0.25) is 6.79 Å². The van der Waals surface area contributed by atoms with Gasteiger partial charge in [-0.3, -0.25) is 9.59 Å². The summed E-state index contributed by atoms with van der Waals surface area (Å²) >= 11 is 0. The fourth-order valence-electron chi connectivity index (χ4n) is 3.40. The minimum atomic E-state index is -1.85. The van der Waals surface area contributed by atoms with Crippen LogP contribution in [-0.4, -0.2) is 30.1 Å². The van der Waals surface area contributed by atoms with Crippen molar-refractivity contribution >= 4 is 17.4 Å². The molecule has 1 unspecified atom stereocenters. The minimum Gasteiger partial charge on any atom is -0.454 e. The summed E-state index contributed by atoms with van der Waals surface area (Å²) in [7, 11) is 0. The Balaban J connectivity index is 1.67. The average molecular weight is 339 g/mol. The van der Waals surface area contributed by atoms with Gasteiger partial charge in [-0.15, -0.1) is 0 Å². The number of amides is 1. The normalized spacial score (nSPS) is 20.7. The van der Waals surface area contributed by atoms with E-state index in [9.17, 15) is 14.7 Å². The molecule has 0 bridgehead atoms. The summed E-state index contributed by atoms with van der Waals surface area (Å²) < 4.78 is 10.5. The van der Waals surface area contributed by atoms with Crippen molar-refractivity contribution in [2.45, 2.75) is 18.9 Å². The van der Waals surface area contributed by atoms with E-state index in [4.69, 9.17) is 9.47 Å². The highest BCUT2D eigenvalue weighted by Gasteiger charge is 2.50. The van der Waals surface area contributed by atoms with Crippen molar-refractivity contribution < 1.29 is 24.2 Å². The second kappa shape index (κ2) is 5.60. The summed E-state index contributed by atoms with van der Waals surface area (Å²) in [5.41, 5.74) is -0.357. The molecule has 25 heavy (non-hydrogen) atoms. The number of fused-ring (bicyclic) bond motifs is 2. The largest absolute Gasteiger partial charge is 0.454 e. The molecule has 2 aliphatic heterocycles. The molecule has 1 N–H and O–H groups in total. The minimum absolute atomic E-state index is 0.119. The van der Waals surface area contributed by atoms with E-state index in [2.05, 4.69) is 0 Å². The summed E-state index contributed by atoms with van der Waals surface area (Å²) in [6.45, 7) is 2.38. The molecule has 6 heteroatoms. The van der Waals surface area contributed by atoms with Crippen LogP contribution in [-0.2, 0) is 10.4 Å². The maximum absolute atomic E-state index is 12.7. The molecule has 0 saturated heterocycles. The van der Waals surface area contributed by atoms with E-state index < -0.39 is 11.5 Å². The van der Waals surface area contributed by atoms with Gasteiger partial charge in [-0.1, -0.05) is 18.2 Å². The molecular formula is C19H17NO5. The summed E-state index contributed by atoms with van der Waals surface area (Å²) in [6.07, 6.45) is -0.320. The standard InChI is InChI=1S/C19H17NO5/c1-2-20-14-6-4-3-5-13(14)19(23,18(20)22)10-15(21)12-7-8-16-17(9-12)25-11-24-16/h3-9,23H,2,10-11H2,1H3. The third-order valence-corrected chi connectivity index (χ3v) is 4.67. The Bertz CT molecular complexity index is 878. The highest BCUT2D eigenvalue weighted by molar-refractivity contribution is 6.10. The van der Waals surface area contributed by atoms with Crippen molar-refractivity contribution in [1.82, 2.24) is 0 Å². The first-order valence-electron chi connectivity index (χ1n) is 8.11. The second-order valence-corrected chi connectivity index (χ2v) is 6.09. The van der Waals surface area contributed by atoms with E-state index >= 15 is 0 Å². The predicted molar refractivity (Wildman–Crippen MR) is 89.9 cm³/mol. The van der Waals surface area contributed by atoms with Gasteiger partial charge >= 0.3 is 0 Å². The summed E-state index contributed by atoms with van der Waals surface area (Å²) in [5.74, 6) is 0.271. The predicted octanol–water partition coefficient (Wildman–Crippen LogP) is 2.24. The van der Waals surface area contributed by atoms with Crippen molar-refractivity contribution in [2.24, 2.45) is 0 Å². The van der Waals surface area contributed by atoms with Crippen LogP contribution in [0.15, 0.2) is 42.5 Å². The number of hydrogen-bond acceptors (Lipinski definition) is 5. The molecule has 1 amide bonds. The van der Waals surface area contributed by atoms with Crippen molar-refractivity contribution in [3.05, 3.63) is 53.6 Å². The van der Waals surface area contributed by atoms with E-state index in [1.807, 2.05) is 6.92 Å². The Morgan fingerprint density at radius 1 is 1.20 bits per heavy atom. The van der Waals surface area contributed by atoms with Gasteiger partial charge in [-0.25, -0.2) is 0 Å². The van der Waals surface area contributed by atoms with Crippen LogP contribution in [0, 0.1) is 0 Å². The molecule has 2 heterocycles. The van der Waals surface area contributed by atoms with E-state index in [0.717, 1.165) is 0 Å². The molecule has 128 valence electrons. The Hall–Kier alpha value is -2.86. The first kappa shape index (κ1) is 15.7. The number of ketones is 1. The highest BCUT2D eigenvalue weighted by Crippen LogP contribution is 2.43. The Labute approximate surface area is 144 Å². The zero-order valence-corrected chi connectivity index (χ0v) is 13.7. The van der Waals surface area contributed by atoms with Gasteiger partial charge < -0.3 is 19.5 Å². The molecular weight excluding hydrogens is 322 g/mol. The Kier molecular flexibility index (Phi) is 3.51. The van der Waals surface area contributed by atoms with Crippen LogP contribution < -0.4 is 14.4 Å². The van der Waals surface area contributed by atoms with Crippen LogP contribution >= 0.6 is 0 Å². The third kappa shape index (κ3) is 2.29. The van der Waals surface area contributed by atoms with Gasteiger partial charge in [0.25, 0.3) is 5.91 Å². The molecule has 4 rings (SSSR count). The molecule has 0 radical (unpaired) electrons. The number of carbonyl (C=O) groups excluding carboxylic acids is 2. The van der Waals surface area contributed by atoms with Crippen LogP contribution in [0.5, 0.6) is 11.5 Å². The molecule has 0 aromatic heterocycles. The lowest BCUT2D eigenvalue weighted by molar-refractivity contribution is -0.135. The smallest absolute Gasteiger partial charge is 0.264 e. The van der Waals surface area contributed by atoms with Gasteiger partial charge in [-0.2, -0.15) is 0 Å². The van der Waals surface area contributed by atoms with Crippen LogP contribution in [0.1, 0.15) is 29.3 Å². The molecule has 0 spiro atoms. The molecule has 0 aliphatic carbocycles. The van der Waals surface area contributed by atoms with Crippen molar-refractivity contribution in [1.29, 1.82) is 0 Å². The fraction of sp³-hybridized carbons (Fsp3) is 0.263. The van der Waals surface area contributed by atoms with Crippen LogP contribution in [0.25, 0.3) is 0 Å². The first-order valence-corrected chi connectivity index (χ1v) is 8.11. The van der Waals surface area contributed by atoms with Gasteiger partial charge in [-0.05, 0) is 31.2 Å². The lowest BCUT2D eigenvalue weighted by Gasteiger charge is -2.22. The molecule has 6 nitrogen and oxygen atoms in total. The van der Waals surface area contributed by atoms with E-state index in [1.54, 1.807) is 42.5 Å². The topological polar surface area (TPSA) is 76.1 Å². The molecule has 2 aromatic rings. The van der Waals surface area contributed by atoms with Gasteiger partial charge in [0, 0.05) is 17.7 Å². The van der Waals surface area contributed by atoms with Crippen molar-refractivity contribution in [2.75, 3.05) is 18.2 Å². The highest BCUT2D eigenvalue weighted by atomic mass is 16.7. The Morgan fingerprint density at radius 2 is 1.96 bits per heavy atom. The van der Waals surface area contributed by atoms with Gasteiger partial charge in [0.15, 0.2) is 22.9 Å². The number of Topliss-reactive ketones (excluding diaryl/α,β-unsaturated/α-hetero) is 1. The average Bonchev–Trinajstić information content (AvgIpc) is 3.17. The van der Waals surface area contributed by atoms with Crippen molar-refractivity contribution in [3.8, 4) is 11.5 Å². The summed E-state index contributed by atoms with van der Waals surface area (Å²) in [5, 5.41) is 11.1. The summed E-state index contributed by atoms with van der Waals surface area (Å²) in [6, 6.07) is 11.9. The number of likely N-dealkylation sites (N-methyl/N-ethyl adjacent to an activating group) is 1. The number of hydrogen-bond donors (Lipinski definition) is 1. The zero-order valence-electron chi connectivity index (χ0n) is 13.7. The lowest BCUT2D eigenvalue weighted by atomic mass is 9.88. The van der Waals surface area contributed by atoms with E-state index in [1.165, 1.54) is 4.90 Å².